The van der Waals surface area contributed by atoms with E-state index in [1.807, 2.05) is 0 Å². The fourth-order valence-electron chi connectivity index (χ4n) is 1.18. The topological polar surface area (TPSA) is 87.1 Å². The molecule has 1 aliphatic heterocycles. The summed E-state index contributed by atoms with van der Waals surface area (Å²) in [6.45, 7) is 2.12. The first-order chi connectivity index (χ1) is 4.62. The number of hydrogen-bond acceptors (Lipinski definition) is 4. The van der Waals surface area contributed by atoms with Gasteiger partial charge in [-0.15, -0.1) is 0 Å². The molecule has 10 heavy (non-hydrogen) atoms. The molecule has 0 spiro atoms. The monoisotopic (exact) mass is 146 g/mol. The molecule has 5 N–H and O–H groups in total. The molecule has 0 amide bonds. The van der Waals surface area contributed by atoms with Crippen LogP contribution < -0.4 is 16.8 Å². The lowest BCUT2D eigenvalue weighted by molar-refractivity contribution is -0.869. The summed E-state index contributed by atoms with van der Waals surface area (Å²) < 4.78 is -0.280. The normalized spacial score (nSPS) is 33.6. The van der Waals surface area contributed by atoms with E-state index in [2.05, 4.69) is 5.32 Å². The van der Waals surface area contributed by atoms with E-state index in [0.717, 1.165) is 6.54 Å². The molecular weight excluding hydrogens is 132 g/mol. The van der Waals surface area contributed by atoms with Crippen molar-refractivity contribution in [2.45, 2.75) is 6.17 Å². The average Bonchev–Trinajstić information content (AvgIpc) is 2.12. The highest BCUT2D eigenvalue weighted by Gasteiger charge is 2.23. The smallest absolute Gasteiger partial charge is 0.132 e. The van der Waals surface area contributed by atoms with Crippen LogP contribution in [-0.2, 0) is 0 Å². The van der Waals surface area contributed by atoms with Crippen LogP contribution in [0.3, 0.4) is 0 Å². The summed E-state index contributed by atoms with van der Waals surface area (Å²) in [6.07, 6.45) is -0.489. The van der Waals surface area contributed by atoms with E-state index in [0.29, 0.717) is 19.8 Å². The van der Waals surface area contributed by atoms with E-state index in [4.69, 9.17) is 11.5 Å². The summed E-state index contributed by atoms with van der Waals surface area (Å²) in [7, 11) is 0. The van der Waals surface area contributed by atoms with Crippen LogP contribution in [0.25, 0.3) is 0 Å². The Bertz CT molecular complexity index is 110. The fourth-order valence-corrected chi connectivity index (χ4v) is 1.18. The van der Waals surface area contributed by atoms with Crippen molar-refractivity contribution in [3.05, 3.63) is 5.21 Å². The molecule has 0 aromatic carbocycles. The maximum absolute atomic E-state index is 11.4. The zero-order valence-corrected chi connectivity index (χ0v) is 5.92. The lowest BCUT2D eigenvalue weighted by atomic mass is 10.4. The largest absolute Gasteiger partial charge is 0.632 e. The van der Waals surface area contributed by atoms with E-state index in [-0.39, 0.29) is 4.65 Å². The van der Waals surface area contributed by atoms with Gasteiger partial charge in [0.2, 0.25) is 0 Å². The minimum atomic E-state index is -0.489. The number of nitrogens with zero attached hydrogens (tertiary/aromatic N) is 1. The first-order valence-corrected chi connectivity index (χ1v) is 3.41. The highest BCUT2D eigenvalue weighted by molar-refractivity contribution is 4.58. The van der Waals surface area contributed by atoms with E-state index in [1.54, 1.807) is 0 Å². The average molecular weight is 146 g/mol. The van der Waals surface area contributed by atoms with Crippen LogP contribution in [0, 0.1) is 5.21 Å². The van der Waals surface area contributed by atoms with Gasteiger partial charge >= 0.3 is 0 Å². The molecule has 60 valence electrons. The molecule has 1 atom stereocenters. The number of nitrogens with two attached hydrogens (primary N) is 2. The summed E-state index contributed by atoms with van der Waals surface area (Å²) in [4.78, 5) is 0. The van der Waals surface area contributed by atoms with Crippen LogP contribution in [0.1, 0.15) is 0 Å². The van der Waals surface area contributed by atoms with Crippen molar-refractivity contribution in [2.75, 3.05) is 26.3 Å². The zero-order chi connectivity index (χ0) is 7.61. The Hall–Kier alpha value is -0.200. The van der Waals surface area contributed by atoms with Gasteiger partial charge in [-0.25, -0.2) is 0 Å². The van der Waals surface area contributed by atoms with Gasteiger partial charge in [-0.3, -0.25) is 5.32 Å². The first kappa shape index (κ1) is 7.90. The summed E-state index contributed by atoms with van der Waals surface area (Å²) >= 11 is 0. The van der Waals surface area contributed by atoms with Crippen LogP contribution in [0.15, 0.2) is 0 Å². The van der Waals surface area contributed by atoms with Gasteiger partial charge in [0, 0.05) is 0 Å². The van der Waals surface area contributed by atoms with Crippen LogP contribution in [0.4, 0.5) is 0 Å². The minimum absolute atomic E-state index is 0.280. The van der Waals surface area contributed by atoms with Crippen molar-refractivity contribution < 1.29 is 4.65 Å². The SMILES string of the molecule is NC(N)C[N+]1([O-])CCNC1. The molecule has 0 radical (unpaired) electrons. The van der Waals surface area contributed by atoms with Crippen LogP contribution in [0.5, 0.6) is 0 Å². The maximum Gasteiger partial charge on any atom is 0.132 e. The third kappa shape index (κ3) is 1.89. The number of rotatable bonds is 2. The Labute approximate surface area is 60.1 Å². The van der Waals surface area contributed by atoms with Gasteiger partial charge in [0.1, 0.15) is 19.4 Å². The molecule has 0 aromatic heterocycles. The summed E-state index contributed by atoms with van der Waals surface area (Å²) in [5.74, 6) is 0. The number of quaternary nitrogens is 1. The van der Waals surface area contributed by atoms with Crippen molar-refractivity contribution in [2.24, 2.45) is 11.5 Å². The Morgan fingerprint density at radius 2 is 2.30 bits per heavy atom. The van der Waals surface area contributed by atoms with E-state index in [9.17, 15) is 5.21 Å². The number of hydroxylamine groups is 3. The predicted molar refractivity (Wildman–Crippen MR) is 38.4 cm³/mol. The van der Waals surface area contributed by atoms with Gasteiger partial charge in [0.05, 0.1) is 13.1 Å². The van der Waals surface area contributed by atoms with Crippen LogP contribution >= 0.6 is 0 Å². The molecule has 0 aliphatic carbocycles. The fraction of sp³-hybridized carbons (Fsp3) is 1.00. The standard InChI is InChI=1S/C5H14N4O/c6-5(7)3-9(10)2-1-8-4-9/h5,8H,1-4,6-7H2. The van der Waals surface area contributed by atoms with Crippen molar-refractivity contribution in [1.82, 2.24) is 5.32 Å². The predicted octanol–water partition coefficient (Wildman–Crippen LogP) is -1.89. The molecular formula is C5H14N4O. The van der Waals surface area contributed by atoms with E-state index in [1.165, 1.54) is 0 Å². The lowest BCUT2D eigenvalue weighted by Gasteiger charge is -2.38. The van der Waals surface area contributed by atoms with Crippen molar-refractivity contribution in [1.29, 1.82) is 0 Å². The summed E-state index contributed by atoms with van der Waals surface area (Å²) in [6, 6.07) is 0. The Balaban J connectivity index is 2.36. The van der Waals surface area contributed by atoms with Crippen LogP contribution in [-0.4, -0.2) is 37.1 Å². The van der Waals surface area contributed by atoms with Crippen molar-refractivity contribution >= 4 is 0 Å². The van der Waals surface area contributed by atoms with Gasteiger partial charge in [-0.1, -0.05) is 0 Å². The molecule has 1 unspecified atom stereocenters. The van der Waals surface area contributed by atoms with E-state index >= 15 is 0 Å². The molecule has 5 heteroatoms. The van der Waals surface area contributed by atoms with Gasteiger partial charge in [0.25, 0.3) is 0 Å². The highest BCUT2D eigenvalue weighted by atomic mass is 16.5. The molecule has 1 rings (SSSR count). The van der Waals surface area contributed by atoms with Crippen molar-refractivity contribution in [3.8, 4) is 0 Å². The lowest BCUT2D eigenvalue weighted by Crippen LogP contribution is -2.52. The molecule has 1 aliphatic rings. The van der Waals surface area contributed by atoms with Gasteiger partial charge in [0.15, 0.2) is 0 Å². The third-order valence-electron chi connectivity index (χ3n) is 1.64. The molecule has 1 heterocycles. The zero-order valence-electron chi connectivity index (χ0n) is 5.92. The van der Waals surface area contributed by atoms with Crippen molar-refractivity contribution in [3.63, 3.8) is 0 Å². The summed E-state index contributed by atoms with van der Waals surface area (Å²) in [5, 5.41) is 14.4. The number of nitrogens with one attached hydrogen (secondary N) is 1. The molecule has 5 nitrogen and oxygen atoms in total. The molecule has 0 saturated carbocycles. The second kappa shape index (κ2) is 2.81. The maximum atomic E-state index is 11.4. The van der Waals surface area contributed by atoms with Crippen LogP contribution in [0.2, 0.25) is 0 Å². The second-order valence-electron chi connectivity index (χ2n) is 2.79. The first-order valence-electron chi connectivity index (χ1n) is 3.41. The van der Waals surface area contributed by atoms with Gasteiger partial charge in [-0.2, -0.15) is 0 Å². The molecule has 1 fully saturated rings. The minimum Gasteiger partial charge on any atom is -0.632 e. The van der Waals surface area contributed by atoms with E-state index < -0.39 is 6.17 Å². The summed E-state index contributed by atoms with van der Waals surface area (Å²) in [5.41, 5.74) is 10.6. The van der Waals surface area contributed by atoms with Gasteiger partial charge < -0.3 is 21.3 Å². The number of hydrogen-bond donors (Lipinski definition) is 3. The quantitative estimate of drug-likeness (QED) is 0.241. The van der Waals surface area contributed by atoms with Gasteiger partial charge in [-0.05, 0) is 0 Å². The Morgan fingerprint density at radius 1 is 1.60 bits per heavy atom. The second-order valence-corrected chi connectivity index (χ2v) is 2.79. The molecule has 0 aromatic rings. The highest BCUT2D eigenvalue weighted by Crippen LogP contribution is 2.05. The Morgan fingerprint density at radius 3 is 2.70 bits per heavy atom. The molecule has 0 bridgehead atoms. The molecule has 1 saturated heterocycles. The third-order valence-corrected chi connectivity index (χ3v) is 1.64. The Kier molecular flexibility index (Phi) is 2.22.